The second-order valence-corrected chi connectivity index (χ2v) is 5.86. The molecule has 4 rings (SSSR count). The Kier molecular flexibility index (Phi) is 3.90. The molecule has 5 heteroatoms. The van der Waals surface area contributed by atoms with Crippen LogP contribution in [-0.2, 0) is 0 Å². The van der Waals surface area contributed by atoms with E-state index in [9.17, 15) is 8.78 Å². The largest absolute Gasteiger partial charge is 0.370 e. The summed E-state index contributed by atoms with van der Waals surface area (Å²) in [6.07, 6.45) is 8.22. The van der Waals surface area contributed by atoms with Gasteiger partial charge in [0, 0.05) is 12.6 Å². The maximum atomic E-state index is 13.5. The highest BCUT2D eigenvalue weighted by Gasteiger charge is 2.31. The average molecular weight is 291 g/mol. The summed E-state index contributed by atoms with van der Waals surface area (Å²) in [5.74, 6) is 0.828. The number of fused-ring (bicyclic) bond motifs is 2. The normalized spacial score (nSPS) is 27.9. The molecule has 3 atom stereocenters. The summed E-state index contributed by atoms with van der Waals surface area (Å²) >= 11 is 0. The molecular formula is C16H19F2N3. The van der Waals surface area contributed by atoms with E-state index in [0.717, 1.165) is 24.6 Å². The Bertz CT molecular complexity index is 583. The van der Waals surface area contributed by atoms with Crippen LogP contribution in [0.25, 0.3) is 0 Å². The molecule has 0 aromatic heterocycles. The van der Waals surface area contributed by atoms with Crippen LogP contribution in [0.3, 0.4) is 0 Å². The van der Waals surface area contributed by atoms with Crippen LogP contribution in [0.15, 0.2) is 35.3 Å². The molecular weight excluding hydrogens is 272 g/mol. The van der Waals surface area contributed by atoms with Crippen molar-refractivity contribution >= 4 is 11.6 Å². The summed E-state index contributed by atoms with van der Waals surface area (Å²) < 4.78 is 26.6. The minimum absolute atomic E-state index is 0.0151. The first-order valence-electron chi connectivity index (χ1n) is 7.32. The van der Waals surface area contributed by atoms with Crippen LogP contribution in [0.2, 0.25) is 0 Å². The molecule has 3 nitrogen and oxygen atoms in total. The Morgan fingerprint density at radius 3 is 2.81 bits per heavy atom. The van der Waals surface area contributed by atoms with Crippen LogP contribution in [0.4, 0.5) is 14.5 Å². The molecule has 0 aliphatic heterocycles. The first kappa shape index (κ1) is 14.0. The monoisotopic (exact) mass is 291 g/mol. The topological polar surface area (TPSA) is 50.4 Å². The van der Waals surface area contributed by atoms with Gasteiger partial charge in [-0.25, -0.2) is 8.78 Å². The molecule has 0 radical (unpaired) electrons. The molecule has 3 aliphatic rings. The zero-order chi connectivity index (χ0) is 14.8. The van der Waals surface area contributed by atoms with Crippen LogP contribution >= 0.6 is 0 Å². The standard InChI is InChI=1S/C16H19F2N3/c17-13-5-6-14(18)15(8-13)21-16(19)20-9-12-7-10-1-3-11(12)4-2-10/h1,3,5-6,8,10-12H,2,4,7,9H2,(H3,19,20,21). The van der Waals surface area contributed by atoms with Gasteiger partial charge in [0.2, 0.25) is 0 Å². The van der Waals surface area contributed by atoms with Crippen molar-refractivity contribution in [2.24, 2.45) is 28.5 Å². The zero-order valence-electron chi connectivity index (χ0n) is 11.7. The minimum Gasteiger partial charge on any atom is -0.370 e. The average Bonchev–Trinajstić information content (AvgIpc) is 2.50. The molecule has 2 bridgehead atoms. The predicted molar refractivity (Wildman–Crippen MR) is 79.9 cm³/mol. The molecule has 112 valence electrons. The second kappa shape index (κ2) is 5.84. The molecule has 0 amide bonds. The SMILES string of the molecule is NC(=NCC1CC2C=CC1CC2)Nc1cc(F)ccc1F. The van der Waals surface area contributed by atoms with Gasteiger partial charge < -0.3 is 11.1 Å². The molecule has 3 N–H and O–H groups in total. The van der Waals surface area contributed by atoms with Crippen molar-refractivity contribution in [3.63, 3.8) is 0 Å². The fourth-order valence-electron chi connectivity index (χ4n) is 3.25. The molecule has 1 aromatic rings. The van der Waals surface area contributed by atoms with Crippen molar-refractivity contribution in [3.05, 3.63) is 42.0 Å². The Morgan fingerprint density at radius 1 is 1.29 bits per heavy atom. The van der Waals surface area contributed by atoms with Gasteiger partial charge in [-0.1, -0.05) is 12.2 Å². The number of nitrogens with one attached hydrogen (secondary N) is 1. The Hall–Kier alpha value is -1.91. The van der Waals surface area contributed by atoms with Gasteiger partial charge >= 0.3 is 0 Å². The molecule has 1 aromatic carbocycles. The molecule has 0 heterocycles. The molecule has 1 fully saturated rings. The lowest BCUT2D eigenvalue weighted by Gasteiger charge is -2.37. The number of nitrogens with zero attached hydrogens (tertiary/aromatic N) is 1. The number of halogens is 2. The van der Waals surface area contributed by atoms with E-state index >= 15 is 0 Å². The van der Waals surface area contributed by atoms with Crippen molar-refractivity contribution < 1.29 is 8.78 Å². The smallest absolute Gasteiger partial charge is 0.193 e. The van der Waals surface area contributed by atoms with Crippen molar-refractivity contribution in [3.8, 4) is 0 Å². The van der Waals surface area contributed by atoms with Gasteiger partial charge in [-0.05, 0) is 49.1 Å². The first-order valence-corrected chi connectivity index (χ1v) is 7.32. The third-order valence-electron chi connectivity index (χ3n) is 4.40. The molecule has 0 spiro atoms. The number of allylic oxidation sites excluding steroid dienone is 2. The lowest BCUT2D eigenvalue weighted by molar-refractivity contribution is 0.227. The quantitative estimate of drug-likeness (QED) is 0.510. The summed E-state index contributed by atoms with van der Waals surface area (Å²) in [6.45, 7) is 0.626. The van der Waals surface area contributed by atoms with Crippen LogP contribution in [-0.4, -0.2) is 12.5 Å². The summed E-state index contributed by atoms with van der Waals surface area (Å²) in [5.41, 5.74) is 5.79. The lowest BCUT2D eigenvalue weighted by atomic mass is 9.69. The van der Waals surface area contributed by atoms with Gasteiger partial charge in [-0.3, -0.25) is 4.99 Å². The third kappa shape index (κ3) is 3.23. The van der Waals surface area contributed by atoms with Crippen molar-refractivity contribution in [1.82, 2.24) is 0 Å². The van der Waals surface area contributed by atoms with E-state index in [-0.39, 0.29) is 11.6 Å². The number of hydrogen-bond acceptors (Lipinski definition) is 1. The van der Waals surface area contributed by atoms with Crippen molar-refractivity contribution in [2.75, 3.05) is 11.9 Å². The summed E-state index contributed by atoms with van der Waals surface area (Å²) in [5, 5.41) is 2.63. The number of rotatable bonds is 3. The van der Waals surface area contributed by atoms with E-state index in [1.165, 1.54) is 12.8 Å². The van der Waals surface area contributed by atoms with Crippen LogP contribution < -0.4 is 11.1 Å². The fraction of sp³-hybridized carbons (Fsp3) is 0.438. The number of anilines is 1. The maximum absolute atomic E-state index is 13.5. The van der Waals surface area contributed by atoms with Crippen LogP contribution in [0, 0.1) is 29.4 Å². The van der Waals surface area contributed by atoms with Gasteiger partial charge in [0.05, 0.1) is 5.69 Å². The Balaban J connectivity index is 1.61. The lowest BCUT2D eigenvalue weighted by Crippen LogP contribution is -2.31. The van der Waals surface area contributed by atoms with Gasteiger partial charge in [-0.15, -0.1) is 0 Å². The van der Waals surface area contributed by atoms with E-state index in [0.29, 0.717) is 24.3 Å². The number of nitrogens with two attached hydrogens (primary N) is 1. The minimum atomic E-state index is -0.547. The number of guanidine groups is 1. The predicted octanol–water partition coefficient (Wildman–Crippen LogP) is 3.29. The molecule has 1 saturated carbocycles. The van der Waals surface area contributed by atoms with Crippen molar-refractivity contribution in [2.45, 2.75) is 19.3 Å². The van der Waals surface area contributed by atoms with E-state index in [2.05, 4.69) is 22.5 Å². The van der Waals surface area contributed by atoms with Crippen molar-refractivity contribution in [1.29, 1.82) is 0 Å². The molecule has 21 heavy (non-hydrogen) atoms. The summed E-state index contributed by atoms with van der Waals surface area (Å²) in [7, 11) is 0. The molecule has 3 aliphatic carbocycles. The summed E-state index contributed by atoms with van der Waals surface area (Å²) in [4.78, 5) is 4.29. The van der Waals surface area contributed by atoms with Gasteiger partial charge in [0.1, 0.15) is 11.6 Å². The van der Waals surface area contributed by atoms with E-state index in [1.54, 1.807) is 0 Å². The van der Waals surface area contributed by atoms with Gasteiger partial charge in [-0.2, -0.15) is 0 Å². The summed E-state index contributed by atoms with van der Waals surface area (Å²) in [6, 6.07) is 3.21. The van der Waals surface area contributed by atoms with Crippen LogP contribution in [0.5, 0.6) is 0 Å². The highest BCUT2D eigenvalue weighted by atomic mass is 19.1. The zero-order valence-corrected chi connectivity index (χ0v) is 11.7. The van der Waals surface area contributed by atoms with E-state index in [4.69, 9.17) is 5.73 Å². The third-order valence-corrected chi connectivity index (χ3v) is 4.40. The maximum Gasteiger partial charge on any atom is 0.193 e. The fourth-order valence-corrected chi connectivity index (χ4v) is 3.25. The molecule has 0 saturated heterocycles. The highest BCUT2D eigenvalue weighted by Crippen LogP contribution is 2.40. The van der Waals surface area contributed by atoms with E-state index < -0.39 is 11.6 Å². The Morgan fingerprint density at radius 2 is 2.14 bits per heavy atom. The molecule has 3 unspecified atom stereocenters. The van der Waals surface area contributed by atoms with Crippen LogP contribution in [0.1, 0.15) is 19.3 Å². The first-order chi connectivity index (χ1) is 10.1. The van der Waals surface area contributed by atoms with E-state index in [1.807, 2.05) is 0 Å². The van der Waals surface area contributed by atoms with Gasteiger partial charge in [0.15, 0.2) is 5.96 Å². The Labute approximate surface area is 122 Å². The number of hydrogen-bond donors (Lipinski definition) is 2. The van der Waals surface area contributed by atoms with Gasteiger partial charge in [0.25, 0.3) is 0 Å². The second-order valence-electron chi connectivity index (χ2n) is 5.86. The number of benzene rings is 1. The number of aliphatic imine (C=N–C) groups is 1. The highest BCUT2D eigenvalue weighted by molar-refractivity contribution is 5.92.